The van der Waals surface area contributed by atoms with Crippen LogP contribution in [0.3, 0.4) is 0 Å². The topological polar surface area (TPSA) is 61.9 Å². The Morgan fingerprint density at radius 1 is 1.42 bits per heavy atom. The van der Waals surface area contributed by atoms with Crippen LogP contribution in [0.2, 0.25) is 0 Å². The normalized spacial score (nSPS) is 17.1. The molecule has 0 unspecified atom stereocenters. The first kappa shape index (κ1) is 15.3. The van der Waals surface area contributed by atoms with Crippen molar-refractivity contribution in [2.45, 2.75) is 19.4 Å². The summed E-state index contributed by atoms with van der Waals surface area (Å²) in [6, 6.07) is 6.68. The van der Waals surface area contributed by atoms with Gasteiger partial charge in [-0.1, -0.05) is 6.07 Å². The van der Waals surface area contributed by atoms with Gasteiger partial charge in [0, 0.05) is 29.3 Å². The summed E-state index contributed by atoms with van der Waals surface area (Å²) >= 11 is 3.35. The van der Waals surface area contributed by atoms with Gasteiger partial charge in [0.25, 0.3) is 5.91 Å². The van der Waals surface area contributed by atoms with E-state index in [2.05, 4.69) is 30.9 Å². The number of hydrogen-bond donors (Lipinski definition) is 1. The number of nitrogens with zero attached hydrogens (tertiary/aromatic N) is 3. The largest absolute Gasteiger partial charge is 0.333 e. The van der Waals surface area contributed by atoms with E-state index >= 15 is 0 Å². The minimum Gasteiger partial charge on any atom is -0.333 e. The number of nitrogens with one attached hydrogen (secondary N) is 1. The molecule has 5 nitrogen and oxygen atoms in total. The fraction of sp³-hybridized carbons (Fsp3) is 0.235. The molecule has 0 saturated heterocycles. The van der Waals surface area contributed by atoms with Gasteiger partial charge < -0.3 is 9.88 Å². The van der Waals surface area contributed by atoms with Gasteiger partial charge in [-0.3, -0.25) is 9.78 Å². The summed E-state index contributed by atoms with van der Waals surface area (Å²) in [4.78, 5) is 26.1. The van der Waals surface area contributed by atoms with Crippen molar-refractivity contribution in [3.05, 3.63) is 57.8 Å². The van der Waals surface area contributed by atoms with Crippen LogP contribution in [-0.4, -0.2) is 32.3 Å². The molecule has 7 heteroatoms. The van der Waals surface area contributed by atoms with Crippen molar-refractivity contribution in [1.82, 2.24) is 19.9 Å². The Morgan fingerprint density at radius 2 is 2.25 bits per heavy atom. The summed E-state index contributed by atoms with van der Waals surface area (Å²) in [7, 11) is 0. The minimum atomic E-state index is -0.454. The van der Waals surface area contributed by atoms with Crippen LogP contribution in [0.4, 0.5) is 4.39 Å². The van der Waals surface area contributed by atoms with E-state index in [9.17, 15) is 9.18 Å². The zero-order valence-corrected chi connectivity index (χ0v) is 14.5. The van der Waals surface area contributed by atoms with Gasteiger partial charge >= 0.3 is 0 Å². The number of hydrogen-bond acceptors (Lipinski definition) is 3. The highest BCUT2D eigenvalue weighted by molar-refractivity contribution is 9.10. The number of fused-ring (bicyclic) bond motifs is 2. The van der Waals surface area contributed by atoms with Crippen LogP contribution in [0.25, 0.3) is 11.0 Å². The third-order valence-corrected chi connectivity index (χ3v) is 5.10. The molecule has 0 saturated carbocycles. The molecule has 1 atom stereocenters. The average molecular weight is 389 g/mol. The first-order chi connectivity index (χ1) is 11.6. The first-order valence-corrected chi connectivity index (χ1v) is 8.44. The second-order valence-electron chi connectivity index (χ2n) is 5.80. The number of halogens is 2. The number of rotatable bonds is 1. The fourth-order valence-corrected chi connectivity index (χ4v) is 3.59. The van der Waals surface area contributed by atoms with Crippen molar-refractivity contribution in [1.29, 1.82) is 0 Å². The Kier molecular flexibility index (Phi) is 3.60. The molecule has 1 N–H and O–H groups in total. The molecule has 24 heavy (non-hydrogen) atoms. The lowest BCUT2D eigenvalue weighted by Crippen LogP contribution is -2.39. The summed E-state index contributed by atoms with van der Waals surface area (Å²) in [5, 5.41) is 0. The molecule has 1 aromatic carbocycles. The lowest BCUT2D eigenvalue weighted by atomic mass is 9.98. The molecule has 0 aliphatic carbocycles. The SMILES string of the molecule is C[C@@H]1c2cccnc2CCN1C(=O)c1nc2c(F)ccc(Br)c2[nH]1. The van der Waals surface area contributed by atoms with Crippen LogP contribution in [0.15, 0.2) is 34.9 Å². The van der Waals surface area contributed by atoms with Gasteiger partial charge in [0.1, 0.15) is 5.52 Å². The Balaban J connectivity index is 1.72. The zero-order chi connectivity index (χ0) is 16.8. The number of benzene rings is 1. The molecule has 3 heterocycles. The smallest absolute Gasteiger partial charge is 0.290 e. The second kappa shape index (κ2) is 5.66. The maximum atomic E-state index is 13.9. The predicted octanol–water partition coefficient (Wildman–Crippen LogP) is 3.62. The average Bonchev–Trinajstić information content (AvgIpc) is 3.05. The van der Waals surface area contributed by atoms with E-state index in [0.29, 0.717) is 23.0 Å². The van der Waals surface area contributed by atoms with Gasteiger partial charge in [0.15, 0.2) is 11.6 Å². The monoisotopic (exact) mass is 388 g/mol. The lowest BCUT2D eigenvalue weighted by molar-refractivity contribution is 0.0665. The van der Waals surface area contributed by atoms with E-state index in [0.717, 1.165) is 11.3 Å². The van der Waals surface area contributed by atoms with Crippen LogP contribution in [-0.2, 0) is 6.42 Å². The van der Waals surface area contributed by atoms with E-state index < -0.39 is 5.82 Å². The van der Waals surface area contributed by atoms with Gasteiger partial charge in [-0.05, 0) is 46.6 Å². The van der Waals surface area contributed by atoms with E-state index in [1.807, 2.05) is 19.1 Å². The number of imidazole rings is 1. The van der Waals surface area contributed by atoms with Gasteiger partial charge in [-0.25, -0.2) is 9.37 Å². The summed E-state index contributed by atoms with van der Waals surface area (Å²) < 4.78 is 14.6. The quantitative estimate of drug-likeness (QED) is 0.692. The van der Waals surface area contributed by atoms with Crippen molar-refractivity contribution in [2.24, 2.45) is 0 Å². The number of carbonyl (C=O) groups is 1. The van der Waals surface area contributed by atoms with Gasteiger partial charge in [0.2, 0.25) is 0 Å². The highest BCUT2D eigenvalue weighted by Gasteiger charge is 2.30. The van der Waals surface area contributed by atoms with Crippen LogP contribution in [0, 0.1) is 5.82 Å². The third-order valence-electron chi connectivity index (χ3n) is 4.44. The molecule has 1 aliphatic heterocycles. The number of carbonyl (C=O) groups excluding carboxylic acids is 1. The van der Waals surface area contributed by atoms with E-state index in [1.54, 1.807) is 17.2 Å². The summed E-state index contributed by atoms with van der Waals surface area (Å²) in [6.45, 7) is 2.53. The maximum absolute atomic E-state index is 13.9. The molecule has 122 valence electrons. The summed E-state index contributed by atoms with van der Waals surface area (Å²) in [6.07, 6.45) is 2.47. The van der Waals surface area contributed by atoms with E-state index in [-0.39, 0.29) is 23.3 Å². The highest BCUT2D eigenvalue weighted by Crippen LogP contribution is 2.30. The lowest BCUT2D eigenvalue weighted by Gasteiger charge is -2.34. The van der Waals surface area contributed by atoms with E-state index in [4.69, 9.17) is 0 Å². The molecular formula is C17H14BrFN4O. The van der Waals surface area contributed by atoms with Crippen molar-refractivity contribution < 1.29 is 9.18 Å². The summed E-state index contributed by atoms with van der Waals surface area (Å²) in [5.41, 5.74) is 2.72. The van der Waals surface area contributed by atoms with Gasteiger partial charge in [-0.2, -0.15) is 0 Å². The molecule has 0 bridgehead atoms. The molecule has 0 spiro atoms. The van der Waals surface area contributed by atoms with Crippen molar-refractivity contribution in [3.8, 4) is 0 Å². The molecule has 0 radical (unpaired) electrons. The Labute approximate surface area is 146 Å². The number of amides is 1. The molecule has 1 amide bonds. The second-order valence-corrected chi connectivity index (χ2v) is 6.66. The fourth-order valence-electron chi connectivity index (χ4n) is 3.17. The Bertz CT molecular complexity index is 916. The third kappa shape index (κ3) is 2.31. The molecule has 3 aromatic rings. The molecule has 2 aromatic heterocycles. The number of aromatic amines is 1. The highest BCUT2D eigenvalue weighted by atomic mass is 79.9. The predicted molar refractivity (Wildman–Crippen MR) is 91.1 cm³/mol. The zero-order valence-electron chi connectivity index (χ0n) is 12.9. The molecular weight excluding hydrogens is 375 g/mol. The van der Waals surface area contributed by atoms with Crippen molar-refractivity contribution in [2.75, 3.05) is 6.54 Å². The van der Waals surface area contributed by atoms with Crippen LogP contribution < -0.4 is 0 Å². The minimum absolute atomic E-state index is 0.101. The van der Waals surface area contributed by atoms with E-state index in [1.165, 1.54) is 6.07 Å². The molecule has 4 rings (SSSR count). The number of aromatic nitrogens is 3. The van der Waals surface area contributed by atoms with Crippen LogP contribution in [0.5, 0.6) is 0 Å². The molecule has 0 fully saturated rings. The van der Waals surface area contributed by atoms with Gasteiger partial charge in [0.05, 0.1) is 11.6 Å². The Hall–Kier alpha value is -2.28. The van der Waals surface area contributed by atoms with Crippen LogP contribution >= 0.6 is 15.9 Å². The Morgan fingerprint density at radius 3 is 3.04 bits per heavy atom. The van der Waals surface area contributed by atoms with Crippen molar-refractivity contribution in [3.63, 3.8) is 0 Å². The van der Waals surface area contributed by atoms with Crippen LogP contribution in [0.1, 0.15) is 34.8 Å². The first-order valence-electron chi connectivity index (χ1n) is 7.64. The maximum Gasteiger partial charge on any atom is 0.290 e. The summed E-state index contributed by atoms with van der Waals surface area (Å²) in [5.74, 6) is -0.542. The number of pyridine rings is 1. The standard InChI is InChI=1S/C17H14BrFN4O/c1-9-10-3-2-7-20-13(10)6-8-23(9)17(24)16-21-14-11(18)4-5-12(19)15(14)22-16/h2-5,7,9H,6,8H2,1H3,(H,21,22)/t9-/m1/s1. The van der Waals surface area contributed by atoms with Gasteiger partial charge in [-0.15, -0.1) is 0 Å². The number of H-pyrrole nitrogens is 1. The molecule has 1 aliphatic rings. The van der Waals surface area contributed by atoms with Crippen molar-refractivity contribution >= 4 is 32.9 Å².